The molecule has 1 aromatic heterocycles. The number of imide groups is 3. The third kappa shape index (κ3) is 6.53. The average Bonchev–Trinajstić information content (AvgIpc) is 3.59. The van der Waals surface area contributed by atoms with E-state index >= 15 is 0 Å². The Morgan fingerprint density at radius 1 is 0.929 bits per heavy atom. The third-order valence-corrected chi connectivity index (χ3v) is 11.3. The summed E-state index contributed by atoms with van der Waals surface area (Å²) in [5, 5.41) is 9.90. The molecule has 1 spiro atoms. The molecule has 8 amide bonds. The van der Waals surface area contributed by atoms with Gasteiger partial charge in [-0.25, -0.2) is 9.69 Å². The van der Waals surface area contributed by atoms with Gasteiger partial charge in [-0.2, -0.15) is 0 Å². The molecule has 3 aromatic carbocycles. The Bertz CT molecular complexity index is 2340. The van der Waals surface area contributed by atoms with Crippen molar-refractivity contribution in [2.45, 2.75) is 68.9 Å². The second kappa shape index (κ2) is 14.8. The van der Waals surface area contributed by atoms with Crippen LogP contribution in [0.15, 0.2) is 73.1 Å². The highest BCUT2D eigenvalue weighted by atomic mass is 35.5. The minimum atomic E-state index is -1.05. The van der Waals surface area contributed by atoms with Crippen LogP contribution in [0.3, 0.4) is 0 Å². The predicted molar refractivity (Wildman–Crippen MR) is 203 cm³/mol. The third-order valence-electron chi connectivity index (χ3n) is 11.0. The fourth-order valence-electron chi connectivity index (χ4n) is 8.07. The minimum absolute atomic E-state index is 0.0405. The number of carbonyl (C=O) groups excluding carboxylic acids is 7. The highest BCUT2D eigenvalue weighted by Gasteiger charge is 2.59. The molecule has 15 heteroatoms. The second-order valence-electron chi connectivity index (χ2n) is 14.5. The van der Waals surface area contributed by atoms with Crippen LogP contribution in [-0.4, -0.2) is 76.1 Å². The maximum absolute atomic E-state index is 13.7. The first-order valence-electron chi connectivity index (χ1n) is 18.6. The number of amides is 8. The van der Waals surface area contributed by atoms with Crippen LogP contribution in [0.5, 0.6) is 5.75 Å². The molecule has 14 nitrogen and oxygen atoms in total. The number of benzene rings is 3. The first-order chi connectivity index (χ1) is 27.1. The van der Waals surface area contributed by atoms with Gasteiger partial charge in [0.25, 0.3) is 23.6 Å². The molecular weight excluding hydrogens is 740 g/mol. The summed E-state index contributed by atoms with van der Waals surface area (Å²) in [4.78, 5) is 96.5. The number of unbranched alkanes of at least 4 members (excludes halogenated alkanes) is 3. The lowest BCUT2D eigenvalue weighted by Crippen LogP contribution is -2.56. The predicted octanol–water partition coefficient (Wildman–Crippen LogP) is 5.03. The molecule has 3 N–H and O–H groups in total. The average molecular weight is 777 g/mol. The summed E-state index contributed by atoms with van der Waals surface area (Å²) in [7, 11) is 0. The van der Waals surface area contributed by atoms with Crippen molar-refractivity contribution in [3.05, 3.63) is 100 Å². The fourth-order valence-corrected chi connectivity index (χ4v) is 8.36. The molecule has 2 saturated heterocycles. The van der Waals surface area contributed by atoms with Gasteiger partial charge in [-0.05, 0) is 73.9 Å². The summed E-state index contributed by atoms with van der Waals surface area (Å²) in [6.07, 6.45) is 7.05. The summed E-state index contributed by atoms with van der Waals surface area (Å²) in [6, 6.07) is 15.8. The molecule has 3 aliphatic heterocycles. The molecule has 4 aromatic rings. The Balaban J connectivity index is 0.802. The van der Waals surface area contributed by atoms with Crippen molar-refractivity contribution in [1.29, 1.82) is 0 Å². The smallest absolute Gasteiger partial charge is 0.329 e. The second-order valence-corrected chi connectivity index (χ2v) is 14.9. The van der Waals surface area contributed by atoms with E-state index in [0.717, 1.165) is 28.2 Å². The minimum Gasteiger partial charge on any atom is -0.493 e. The van der Waals surface area contributed by atoms with E-state index in [2.05, 4.69) is 20.9 Å². The standard InChI is InChI=1S/C41H37ClN6O8/c42-29-10-4-3-8-26(29)25-19-41(20-25)39(54)48(40(55)46-41)31-22-43-21-24-18-23(12-13-27(24)31)35(50)44-16-5-1-2-6-17-56-32-11-7-9-28-34(32)38(53)47(37(28)52)30-14-15-33(49)45-36(30)51/h3-4,7-13,18,21-22,25,30H,1-2,5-6,14-17,19-20H2,(H,44,50)(H,46,55)(H,45,49,51). The van der Waals surface area contributed by atoms with Crippen molar-refractivity contribution < 1.29 is 38.3 Å². The van der Waals surface area contributed by atoms with Crippen molar-refractivity contribution >= 4 is 69.5 Å². The SMILES string of the molecule is O=C1CCC(N2C(=O)c3cccc(OCCCCCCNC(=O)c4ccc5c(N6C(=O)NC7(CC(c8ccccc8Cl)C7)C6=O)cncc5c4)c3C2=O)C(=O)N1. The molecule has 4 heterocycles. The number of halogens is 1. The number of nitrogens with one attached hydrogen (secondary N) is 3. The molecule has 8 rings (SSSR count). The molecule has 1 saturated carbocycles. The van der Waals surface area contributed by atoms with Gasteiger partial charge in [-0.15, -0.1) is 0 Å². The number of anilines is 1. The number of carbonyl (C=O) groups is 7. The van der Waals surface area contributed by atoms with E-state index in [0.29, 0.717) is 65.9 Å². The van der Waals surface area contributed by atoms with Gasteiger partial charge in [-0.3, -0.25) is 44.0 Å². The van der Waals surface area contributed by atoms with Gasteiger partial charge in [0.1, 0.15) is 17.3 Å². The van der Waals surface area contributed by atoms with Gasteiger partial charge < -0.3 is 15.4 Å². The molecule has 3 fully saturated rings. The first-order valence-corrected chi connectivity index (χ1v) is 19.0. The zero-order valence-electron chi connectivity index (χ0n) is 30.1. The molecule has 0 radical (unpaired) electrons. The number of hydrogen-bond acceptors (Lipinski definition) is 9. The number of ether oxygens (including phenoxy) is 1. The number of nitrogens with zero attached hydrogens (tertiary/aromatic N) is 3. The largest absolute Gasteiger partial charge is 0.493 e. The van der Waals surface area contributed by atoms with Gasteiger partial charge >= 0.3 is 6.03 Å². The normalized spacial score (nSPS) is 21.7. The van der Waals surface area contributed by atoms with Gasteiger partial charge in [0.05, 0.1) is 29.6 Å². The van der Waals surface area contributed by atoms with Crippen LogP contribution in [0.1, 0.15) is 93.9 Å². The van der Waals surface area contributed by atoms with E-state index in [1.165, 1.54) is 12.3 Å². The maximum atomic E-state index is 13.7. The first kappa shape index (κ1) is 36.8. The van der Waals surface area contributed by atoms with Crippen LogP contribution >= 0.6 is 11.6 Å². The van der Waals surface area contributed by atoms with Crippen LogP contribution in [0.4, 0.5) is 10.5 Å². The van der Waals surface area contributed by atoms with E-state index < -0.39 is 41.2 Å². The number of pyridine rings is 1. The monoisotopic (exact) mass is 776 g/mol. The van der Waals surface area contributed by atoms with Crippen LogP contribution in [0, 0.1) is 0 Å². The van der Waals surface area contributed by atoms with Crippen molar-refractivity contribution in [1.82, 2.24) is 25.8 Å². The molecule has 286 valence electrons. The Labute approximate surface area is 325 Å². The maximum Gasteiger partial charge on any atom is 0.329 e. The highest BCUT2D eigenvalue weighted by Crippen LogP contribution is 2.50. The zero-order valence-corrected chi connectivity index (χ0v) is 30.9. The van der Waals surface area contributed by atoms with E-state index in [1.54, 1.807) is 36.5 Å². The number of piperidine rings is 1. The molecule has 1 aliphatic carbocycles. The van der Waals surface area contributed by atoms with Crippen molar-refractivity contribution in [3.8, 4) is 5.75 Å². The summed E-state index contributed by atoms with van der Waals surface area (Å²) >= 11 is 6.38. The molecule has 1 unspecified atom stereocenters. The number of aromatic nitrogens is 1. The summed E-state index contributed by atoms with van der Waals surface area (Å²) in [5.74, 6) is -2.59. The van der Waals surface area contributed by atoms with E-state index in [4.69, 9.17) is 16.3 Å². The topological polar surface area (TPSA) is 184 Å². The lowest BCUT2D eigenvalue weighted by Gasteiger charge is -2.43. The van der Waals surface area contributed by atoms with Crippen LogP contribution in [0.25, 0.3) is 10.8 Å². The van der Waals surface area contributed by atoms with E-state index in [1.807, 2.05) is 24.3 Å². The zero-order chi connectivity index (χ0) is 39.1. The number of rotatable bonds is 12. The Morgan fingerprint density at radius 3 is 2.54 bits per heavy atom. The van der Waals surface area contributed by atoms with Crippen molar-refractivity contribution in [3.63, 3.8) is 0 Å². The Hall–Kier alpha value is -6.15. The summed E-state index contributed by atoms with van der Waals surface area (Å²) < 4.78 is 5.90. The Morgan fingerprint density at radius 2 is 1.73 bits per heavy atom. The molecule has 1 atom stereocenters. The molecular formula is C41H37ClN6O8. The summed E-state index contributed by atoms with van der Waals surface area (Å²) in [6.45, 7) is 0.735. The highest BCUT2D eigenvalue weighted by molar-refractivity contribution is 6.31. The van der Waals surface area contributed by atoms with Crippen molar-refractivity contribution in [2.24, 2.45) is 0 Å². The van der Waals surface area contributed by atoms with E-state index in [-0.39, 0.29) is 47.5 Å². The van der Waals surface area contributed by atoms with Crippen LogP contribution < -0.4 is 25.6 Å². The fraction of sp³-hybridized carbons (Fsp3) is 0.317. The van der Waals surface area contributed by atoms with Crippen LogP contribution in [-0.2, 0) is 14.4 Å². The summed E-state index contributed by atoms with van der Waals surface area (Å²) in [5.41, 5.74) is 1.01. The van der Waals surface area contributed by atoms with Gasteiger partial charge in [0, 0.05) is 40.5 Å². The lowest BCUT2D eigenvalue weighted by atomic mass is 9.65. The molecule has 4 aliphatic rings. The van der Waals surface area contributed by atoms with Crippen molar-refractivity contribution in [2.75, 3.05) is 18.1 Å². The van der Waals surface area contributed by atoms with Gasteiger partial charge in [-0.1, -0.05) is 54.8 Å². The van der Waals surface area contributed by atoms with Crippen LogP contribution in [0.2, 0.25) is 5.02 Å². The van der Waals surface area contributed by atoms with Gasteiger partial charge in [0.15, 0.2) is 0 Å². The Kier molecular flexibility index (Phi) is 9.75. The molecule has 0 bridgehead atoms. The number of urea groups is 1. The number of fused-ring (bicyclic) bond motifs is 2. The quantitative estimate of drug-likeness (QED) is 0.101. The van der Waals surface area contributed by atoms with Gasteiger partial charge in [0.2, 0.25) is 11.8 Å². The lowest BCUT2D eigenvalue weighted by molar-refractivity contribution is -0.136. The van der Waals surface area contributed by atoms with E-state index in [9.17, 15) is 33.6 Å². The molecule has 56 heavy (non-hydrogen) atoms. The number of hydrogen-bond donors (Lipinski definition) is 3.